The lowest BCUT2D eigenvalue weighted by molar-refractivity contribution is 0.0944. The van der Waals surface area contributed by atoms with Gasteiger partial charge in [0.05, 0.1) is 28.0 Å². The summed E-state index contributed by atoms with van der Waals surface area (Å²) in [4.78, 5) is 14.0. The number of nitrogens with two attached hydrogens (primary N) is 1. The maximum Gasteiger partial charge on any atom is 0.186 e. The van der Waals surface area contributed by atoms with E-state index in [0.29, 0.717) is 45.3 Å². The van der Waals surface area contributed by atoms with Crippen LogP contribution in [0.4, 0.5) is 10.8 Å². The number of nitrogen functional groups attached to an aromatic ring is 1. The van der Waals surface area contributed by atoms with Crippen LogP contribution in [0.15, 0.2) is 16.8 Å². The number of aliphatic hydroxyl groups is 1. The van der Waals surface area contributed by atoms with Crippen molar-refractivity contribution < 1.29 is 9.63 Å². The van der Waals surface area contributed by atoms with Gasteiger partial charge < -0.3 is 25.6 Å². The number of nitriles is 1. The zero-order valence-electron chi connectivity index (χ0n) is 28.7. The molecule has 1 spiro atoms. The molecule has 49 heavy (non-hydrogen) atoms. The fourth-order valence-corrected chi connectivity index (χ4v) is 9.66. The monoisotopic (exact) mass is 681 g/mol. The van der Waals surface area contributed by atoms with Crippen molar-refractivity contribution in [3.05, 3.63) is 39.6 Å². The third-order valence-corrected chi connectivity index (χ3v) is 11.9. The summed E-state index contributed by atoms with van der Waals surface area (Å²) in [5, 5.41) is 40.3. The summed E-state index contributed by atoms with van der Waals surface area (Å²) in [5.74, 6) is 1.80. The van der Waals surface area contributed by atoms with E-state index in [0.717, 1.165) is 85.9 Å². The van der Waals surface area contributed by atoms with Crippen LogP contribution in [0.5, 0.6) is 0 Å². The number of fused-ring (bicyclic) bond motifs is 5. The second kappa shape index (κ2) is 11.6. The van der Waals surface area contributed by atoms with Crippen molar-refractivity contribution >= 4 is 33.2 Å². The number of hydrogen-bond acceptors (Lipinski definition) is 12. The number of rotatable bonds is 7. The average Bonchev–Trinajstić information content (AvgIpc) is 3.89. The molecule has 8 rings (SSSR count). The number of likely N-dealkylation sites (N-methyl/N-ethyl adjacent to an activating group) is 1. The van der Waals surface area contributed by atoms with Crippen molar-refractivity contribution in [1.82, 2.24) is 39.6 Å². The average molecular weight is 682 g/mol. The van der Waals surface area contributed by atoms with E-state index in [1.54, 1.807) is 18.5 Å². The van der Waals surface area contributed by atoms with Crippen molar-refractivity contribution in [2.75, 3.05) is 31.2 Å². The predicted molar refractivity (Wildman–Crippen MR) is 188 cm³/mol. The lowest BCUT2D eigenvalue weighted by atomic mass is 9.63. The van der Waals surface area contributed by atoms with Gasteiger partial charge in [-0.25, -0.2) is 14.6 Å². The zero-order chi connectivity index (χ0) is 34.2. The minimum atomic E-state index is -1.00. The number of nitrogens with zero attached hydrogens (tertiary/aromatic N) is 9. The largest absolute Gasteiger partial charge is 0.389 e. The van der Waals surface area contributed by atoms with Gasteiger partial charge in [0, 0.05) is 36.3 Å². The molecule has 1 aliphatic heterocycles. The predicted octanol–water partition coefficient (Wildman–Crippen LogP) is 5.19. The molecule has 5 aromatic heterocycles. The number of thiophene rings is 1. The minimum Gasteiger partial charge on any atom is -0.389 e. The number of aryl methyl sites for hydroxylation is 2. The topological polar surface area (TPSA) is 173 Å². The third-order valence-electron chi connectivity index (χ3n) is 10.8. The van der Waals surface area contributed by atoms with Crippen LogP contribution in [-0.4, -0.2) is 76.5 Å². The maximum atomic E-state index is 10.8. The van der Waals surface area contributed by atoms with Crippen molar-refractivity contribution in [3.63, 3.8) is 0 Å². The van der Waals surface area contributed by atoms with E-state index >= 15 is 0 Å². The molecule has 2 aliphatic carbocycles. The number of nitrogens with one attached hydrogen (secondary N) is 1. The molecule has 5 aromatic rings. The van der Waals surface area contributed by atoms with Crippen LogP contribution in [0, 0.1) is 11.3 Å². The summed E-state index contributed by atoms with van der Waals surface area (Å²) in [5.41, 5.74) is 10.2. The van der Waals surface area contributed by atoms with Gasteiger partial charge in [0.1, 0.15) is 28.3 Å². The Kier molecular flexibility index (Phi) is 7.58. The van der Waals surface area contributed by atoms with Gasteiger partial charge in [0.15, 0.2) is 22.9 Å². The van der Waals surface area contributed by atoms with E-state index in [4.69, 9.17) is 35.6 Å². The molecule has 0 aromatic carbocycles. The Balaban J connectivity index is 1.34. The SMILES string of the molecule is CC(C1CCCN1C)n1nc(-c2ccn(C)n2)c2c(NCC(C)(C)O)nc(-c3noc4c3CCCC43CCCc4sc(N)c(C#N)c43)nc21. The molecule has 6 heterocycles. The van der Waals surface area contributed by atoms with Crippen molar-refractivity contribution in [1.29, 1.82) is 5.26 Å². The first-order chi connectivity index (χ1) is 23.5. The highest BCUT2D eigenvalue weighted by molar-refractivity contribution is 7.16. The van der Waals surface area contributed by atoms with Gasteiger partial charge in [-0.2, -0.15) is 15.5 Å². The molecule has 3 aliphatic rings. The fraction of sp³-hybridized carbons (Fsp3) is 0.543. The molecule has 3 atom stereocenters. The van der Waals surface area contributed by atoms with E-state index in [2.05, 4.69) is 30.3 Å². The summed E-state index contributed by atoms with van der Waals surface area (Å²) in [6.07, 6.45) is 9.44. The molecule has 13 nitrogen and oxygen atoms in total. The summed E-state index contributed by atoms with van der Waals surface area (Å²) in [7, 11) is 4.06. The molecule has 1 fully saturated rings. The van der Waals surface area contributed by atoms with Crippen molar-refractivity contribution in [2.24, 2.45) is 7.05 Å². The normalized spacial score (nSPS) is 21.6. The Morgan fingerprint density at radius 3 is 2.67 bits per heavy atom. The number of likely N-dealkylation sites (tertiary alicyclic amines) is 1. The summed E-state index contributed by atoms with van der Waals surface area (Å²) < 4.78 is 10.1. The zero-order valence-corrected chi connectivity index (χ0v) is 29.6. The minimum absolute atomic E-state index is 0.0148. The van der Waals surface area contributed by atoms with Crippen LogP contribution >= 0.6 is 11.3 Å². The first kappa shape index (κ1) is 31.9. The molecular weight excluding hydrogens is 639 g/mol. The molecule has 1 saturated heterocycles. The Hall–Kier alpha value is -4.32. The van der Waals surface area contributed by atoms with Crippen LogP contribution in [0.1, 0.15) is 92.7 Å². The van der Waals surface area contributed by atoms with Gasteiger partial charge in [-0.3, -0.25) is 4.68 Å². The van der Waals surface area contributed by atoms with E-state index < -0.39 is 11.0 Å². The van der Waals surface area contributed by atoms with Crippen LogP contribution in [-0.2, 0) is 25.3 Å². The molecule has 0 bridgehead atoms. The number of hydrogen-bond donors (Lipinski definition) is 3. The Labute approximate surface area is 289 Å². The highest BCUT2D eigenvalue weighted by Crippen LogP contribution is 2.55. The van der Waals surface area contributed by atoms with Crippen LogP contribution in [0.2, 0.25) is 0 Å². The summed E-state index contributed by atoms with van der Waals surface area (Å²) in [6.45, 7) is 7.02. The lowest BCUT2D eigenvalue weighted by Crippen LogP contribution is -2.35. The molecule has 3 unspecified atom stereocenters. The molecule has 0 saturated carbocycles. The van der Waals surface area contributed by atoms with E-state index in [9.17, 15) is 10.4 Å². The Morgan fingerprint density at radius 1 is 1.18 bits per heavy atom. The van der Waals surface area contributed by atoms with E-state index in [1.807, 2.05) is 24.0 Å². The Morgan fingerprint density at radius 2 is 1.98 bits per heavy atom. The van der Waals surface area contributed by atoms with Gasteiger partial charge in [-0.15, -0.1) is 11.3 Å². The van der Waals surface area contributed by atoms with Crippen LogP contribution < -0.4 is 11.1 Å². The Bertz CT molecular complexity index is 2110. The second-order valence-electron chi connectivity index (χ2n) is 14.7. The smallest absolute Gasteiger partial charge is 0.186 e. The molecule has 14 heteroatoms. The number of anilines is 2. The maximum absolute atomic E-state index is 10.8. The molecule has 0 radical (unpaired) electrons. The van der Waals surface area contributed by atoms with E-state index in [1.165, 1.54) is 16.2 Å². The van der Waals surface area contributed by atoms with Gasteiger partial charge >= 0.3 is 0 Å². The number of aromatic nitrogens is 7. The van der Waals surface area contributed by atoms with Gasteiger partial charge in [-0.05, 0) is 97.4 Å². The molecular formula is C35H43N11O2S. The molecule has 256 valence electrons. The second-order valence-corrected chi connectivity index (χ2v) is 15.9. The van der Waals surface area contributed by atoms with Crippen molar-refractivity contribution in [3.8, 4) is 29.0 Å². The highest BCUT2D eigenvalue weighted by Gasteiger charge is 2.49. The van der Waals surface area contributed by atoms with Crippen LogP contribution in [0.3, 0.4) is 0 Å². The fourth-order valence-electron chi connectivity index (χ4n) is 8.50. The summed E-state index contributed by atoms with van der Waals surface area (Å²) in [6, 6.07) is 4.66. The lowest BCUT2D eigenvalue weighted by Gasteiger charge is -2.39. The van der Waals surface area contributed by atoms with E-state index in [-0.39, 0.29) is 12.6 Å². The van der Waals surface area contributed by atoms with Crippen LogP contribution in [0.25, 0.3) is 33.9 Å². The van der Waals surface area contributed by atoms with Gasteiger partial charge in [0.25, 0.3) is 0 Å². The first-order valence-corrected chi connectivity index (χ1v) is 18.1. The van der Waals surface area contributed by atoms with Crippen molar-refractivity contribution in [2.45, 2.75) is 95.2 Å². The molecule has 4 N–H and O–H groups in total. The molecule has 0 amide bonds. The quantitative estimate of drug-likeness (QED) is 0.206. The summed E-state index contributed by atoms with van der Waals surface area (Å²) >= 11 is 1.53. The standard InChI is InChI=1S/C35H43N11O2S/c1-19(23-10-8-15-44(23)4)46-33-25(28(42-46)22-12-16-45(5)41-22)31(38-18-34(2,3)47)39-32(40-33)27-20-9-6-13-35(29(20)48-43-27)14-7-11-24-26(35)21(17-36)30(37)49-24/h12,16,19,23,47H,6-11,13-15,18,37H2,1-5H3,(H,38,39,40). The highest BCUT2D eigenvalue weighted by atomic mass is 32.1. The van der Waals surface area contributed by atoms with Gasteiger partial charge in [-0.1, -0.05) is 5.16 Å². The first-order valence-electron chi connectivity index (χ1n) is 17.3. The third kappa shape index (κ3) is 5.13. The van der Waals surface area contributed by atoms with Gasteiger partial charge in [0.2, 0.25) is 0 Å².